The third-order valence-electron chi connectivity index (χ3n) is 3.84. The Kier molecular flexibility index (Phi) is 4.99. The van der Waals surface area contributed by atoms with Crippen molar-refractivity contribution in [1.29, 1.82) is 0 Å². The molecule has 0 bridgehead atoms. The van der Waals surface area contributed by atoms with Gasteiger partial charge in [-0.25, -0.2) is 9.18 Å². The number of carbonyl (C=O) groups excluding carboxylic acids is 1. The maximum Gasteiger partial charge on any atom is 0.412 e. The van der Waals surface area contributed by atoms with Crippen LogP contribution in [0.1, 0.15) is 46.6 Å². The molecule has 0 spiro atoms. The molecule has 1 aliphatic heterocycles. The van der Waals surface area contributed by atoms with Crippen molar-refractivity contribution in [3.63, 3.8) is 0 Å². The summed E-state index contributed by atoms with van der Waals surface area (Å²) in [5, 5.41) is 0. The van der Waals surface area contributed by atoms with Gasteiger partial charge in [-0.1, -0.05) is 12.1 Å². The van der Waals surface area contributed by atoms with E-state index in [0.29, 0.717) is 6.61 Å². The zero-order valence-electron chi connectivity index (χ0n) is 14.6. The number of hydrogen-bond donors (Lipinski definition) is 0. The van der Waals surface area contributed by atoms with Gasteiger partial charge in [0.05, 0.1) is 12.6 Å². The van der Waals surface area contributed by atoms with E-state index in [0.717, 1.165) is 18.4 Å². The van der Waals surface area contributed by atoms with Gasteiger partial charge >= 0.3 is 6.09 Å². The molecule has 1 amide bonds. The Morgan fingerprint density at radius 1 is 1.35 bits per heavy atom. The molecule has 128 valence electrons. The predicted octanol–water partition coefficient (Wildman–Crippen LogP) is 4.13. The van der Waals surface area contributed by atoms with E-state index in [1.54, 1.807) is 17.0 Å². The van der Waals surface area contributed by atoms with E-state index in [2.05, 4.69) is 0 Å². The van der Waals surface area contributed by atoms with Gasteiger partial charge < -0.3 is 9.47 Å². The summed E-state index contributed by atoms with van der Waals surface area (Å²) in [7, 11) is 0. The minimum absolute atomic E-state index is 0.0510. The number of nitrogens with zero attached hydrogens (tertiary/aromatic N) is 1. The Morgan fingerprint density at radius 3 is 2.52 bits per heavy atom. The number of halogens is 1. The molecule has 1 aromatic carbocycles. The van der Waals surface area contributed by atoms with Gasteiger partial charge in [-0.05, 0) is 65.2 Å². The lowest BCUT2D eigenvalue weighted by molar-refractivity contribution is -0.0626. The summed E-state index contributed by atoms with van der Waals surface area (Å²) < 4.78 is 24.3. The van der Waals surface area contributed by atoms with Crippen molar-refractivity contribution < 1.29 is 18.7 Å². The smallest absolute Gasteiger partial charge is 0.412 e. The molecule has 1 aliphatic rings. The van der Waals surface area contributed by atoms with Crippen LogP contribution >= 0.6 is 0 Å². The van der Waals surface area contributed by atoms with Crippen molar-refractivity contribution in [2.75, 3.05) is 6.61 Å². The Labute approximate surface area is 137 Å². The van der Waals surface area contributed by atoms with Gasteiger partial charge in [-0.2, -0.15) is 0 Å². The van der Waals surface area contributed by atoms with Crippen LogP contribution in [0, 0.1) is 5.82 Å². The molecule has 23 heavy (non-hydrogen) atoms. The highest BCUT2D eigenvalue weighted by molar-refractivity contribution is 5.69. The van der Waals surface area contributed by atoms with E-state index in [1.807, 2.05) is 34.6 Å². The number of ether oxygens (including phenoxy) is 2. The van der Waals surface area contributed by atoms with Gasteiger partial charge in [0.1, 0.15) is 17.1 Å². The van der Waals surface area contributed by atoms with Gasteiger partial charge in [-0.3, -0.25) is 4.90 Å². The van der Waals surface area contributed by atoms with Crippen molar-refractivity contribution in [3.8, 4) is 0 Å². The molecular formula is C18H26FNO3. The number of carbonyl (C=O) groups is 1. The van der Waals surface area contributed by atoms with Crippen molar-refractivity contribution in [2.45, 2.75) is 64.8 Å². The summed E-state index contributed by atoms with van der Waals surface area (Å²) in [6, 6.07) is 6.40. The first-order chi connectivity index (χ1) is 10.6. The summed E-state index contributed by atoms with van der Waals surface area (Å²) >= 11 is 0. The molecule has 4 nitrogen and oxygen atoms in total. The molecule has 0 aliphatic carbocycles. The van der Waals surface area contributed by atoms with Gasteiger partial charge in [0, 0.05) is 0 Å². The average molecular weight is 323 g/mol. The highest BCUT2D eigenvalue weighted by atomic mass is 19.1. The molecule has 1 atom stereocenters. The van der Waals surface area contributed by atoms with Crippen LogP contribution in [0.15, 0.2) is 24.3 Å². The average Bonchev–Trinajstić information content (AvgIpc) is 2.71. The standard InChI is InChI=1S/C18H26FNO3/c1-17(2,3)23-16(21)20-15(12-22-18(20,4)5)11-8-13-6-9-14(19)10-7-13/h6-7,9-10,15H,8,11-12H2,1-5H3. The first-order valence-electron chi connectivity index (χ1n) is 7.99. The van der Waals surface area contributed by atoms with Gasteiger partial charge in [0.15, 0.2) is 0 Å². The first-order valence-corrected chi connectivity index (χ1v) is 7.99. The number of amides is 1. The van der Waals surface area contributed by atoms with E-state index in [4.69, 9.17) is 9.47 Å². The largest absolute Gasteiger partial charge is 0.444 e. The zero-order valence-corrected chi connectivity index (χ0v) is 14.6. The molecule has 0 aromatic heterocycles. The number of benzene rings is 1. The van der Waals surface area contributed by atoms with Crippen LogP contribution in [0.5, 0.6) is 0 Å². The van der Waals surface area contributed by atoms with Crippen molar-refractivity contribution >= 4 is 6.09 Å². The molecule has 1 aromatic rings. The summed E-state index contributed by atoms with van der Waals surface area (Å²) in [6.07, 6.45) is 1.14. The molecule has 0 radical (unpaired) electrons. The van der Waals surface area contributed by atoms with Crippen LogP contribution in [0.2, 0.25) is 0 Å². The van der Waals surface area contributed by atoms with Gasteiger partial charge in [0.2, 0.25) is 0 Å². The summed E-state index contributed by atoms with van der Waals surface area (Å²) in [4.78, 5) is 14.2. The Morgan fingerprint density at radius 2 is 1.96 bits per heavy atom. The number of aryl methyl sites for hydroxylation is 1. The molecule has 1 heterocycles. The highest BCUT2D eigenvalue weighted by Gasteiger charge is 2.45. The molecular weight excluding hydrogens is 297 g/mol. The molecule has 5 heteroatoms. The first kappa shape index (κ1) is 17.7. The fourth-order valence-electron chi connectivity index (χ4n) is 2.76. The molecule has 0 N–H and O–H groups in total. The second-order valence-corrected chi connectivity index (χ2v) is 7.43. The number of hydrogen-bond acceptors (Lipinski definition) is 3. The second-order valence-electron chi connectivity index (χ2n) is 7.43. The highest BCUT2D eigenvalue weighted by Crippen LogP contribution is 2.31. The van der Waals surface area contributed by atoms with Crippen molar-refractivity contribution in [1.82, 2.24) is 4.90 Å². The molecule has 1 fully saturated rings. The fourth-order valence-corrected chi connectivity index (χ4v) is 2.76. The topological polar surface area (TPSA) is 38.8 Å². The van der Waals surface area contributed by atoms with Crippen molar-refractivity contribution in [3.05, 3.63) is 35.6 Å². The van der Waals surface area contributed by atoms with E-state index in [-0.39, 0.29) is 18.0 Å². The normalized spacial score (nSPS) is 20.6. The maximum atomic E-state index is 13.0. The molecule has 2 rings (SSSR count). The van der Waals surface area contributed by atoms with E-state index >= 15 is 0 Å². The van der Waals surface area contributed by atoms with E-state index < -0.39 is 11.3 Å². The summed E-state index contributed by atoms with van der Waals surface area (Å²) in [6.45, 7) is 9.77. The third kappa shape index (κ3) is 4.67. The molecule has 0 saturated carbocycles. The van der Waals surface area contributed by atoms with E-state index in [9.17, 15) is 9.18 Å². The lowest BCUT2D eigenvalue weighted by Gasteiger charge is -2.35. The SMILES string of the molecule is CC(C)(C)OC(=O)N1C(CCc2ccc(F)cc2)COC1(C)C. The van der Waals surface area contributed by atoms with Gasteiger partial charge in [0.25, 0.3) is 0 Å². The monoisotopic (exact) mass is 323 g/mol. The molecule has 1 unspecified atom stereocenters. The minimum Gasteiger partial charge on any atom is -0.444 e. The lowest BCUT2D eigenvalue weighted by Crippen LogP contribution is -2.49. The van der Waals surface area contributed by atoms with E-state index in [1.165, 1.54) is 12.1 Å². The predicted molar refractivity (Wildman–Crippen MR) is 86.6 cm³/mol. The minimum atomic E-state index is -0.685. The third-order valence-corrected chi connectivity index (χ3v) is 3.84. The van der Waals surface area contributed by atoms with Crippen molar-refractivity contribution in [2.24, 2.45) is 0 Å². The molecule has 1 saturated heterocycles. The number of rotatable bonds is 3. The maximum absolute atomic E-state index is 13.0. The Hall–Kier alpha value is -1.62. The van der Waals surface area contributed by atoms with Crippen LogP contribution in [0.25, 0.3) is 0 Å². The quantitative estimate of drug-likeness (QED) is 0.839. The van der Waals surface area contributed by atoms with Crippen LogP contribution in [0.4, 0.5) is 9.18 Å². The Bertz CT molecular complexity index is 548. The summed E-state index contributed by atoms with van der Waals surface area (Å²) in [5.41, 5.74) is -0.187. The van der Waals surface area contributed by atoms with Crippen LogP contribution in [-0.2, 0) is 15.9 Å². The summed E-state index contributed by atoms with van der Waals surface area (Å²) in [5.74, 6) is -0.241. The van der Waals surface area contributed by atoms with Crippen LogP contribution < -0.4 is 0 Å². The fraction of sp³-hybridized carbons (Fsp3) is 0.611. The second kappa shape index (κ2) is 6.48. The van der Waals surface area contributed by atoms with Gasteiger partial charge in [-0.15, -0.1) is 0 Å². The van der Waals surface area contributed by atoms with Crippen LogP contribution in [-0.4, -0.2) is 35.0 Å². The lowest BCUT2D eigenvalue weighted by atomic mass is 10.0. The Balaban J connectivity index is 2.04. The van der Waals surface area contributed by atoms with Crippen LogP contribution in [0.3, 0.4) is 0 Å². The zero-order chi connectivity index (χ0) is 17.3.